The van der Waals surface area contributed by atoms with Crippen molar-refractivity contribution in [2.45, 2.75) is 51.6 Å². The third-order valence-corrected chi connectivity index (χ3v) is 4.00. The van der Waals surface area contributed by atoms with Gasteiger partial charge in [0.05, 0.1) is 0 Å². The molecular weight excluding hydrogens is 172 g/mol. The van der Waals surface area contributed by atoms with Gasteiger partial charge < -0.3 is 5.32 Å². The molecule has 0 aromatic heterocycles. The summed E-state index contributed by atoms with van der Waals surface area (Å²) in [5.41, 5.74) is 0. The maximum absolute atomic E-state index is 3.51. The molecule has 3 atom stereocenters. The zero-order valence-corrected chi connectivity index (χ0v) is 9.63. The van der Waals surface area contributed by atoms with Crippen LogP contribution in [0.3, 0.4) is 0 Å². The molecule has 0 aromatic rings. The number of piperazine rings is 1. The van der Waals surface area contributed by atoms with Gasteiger partial charge in [0, 0.05) is 31.7 Å². The molecule has 0 radical (unpaired) electrons. The Bertz CT molecular complexity index is 181. The highest BCUT2D eigenvalue weighted by Gasteiger charge is 2.31. The van der Waals surface area contributed by atoms with Gasteiger partial charge in [-0.05, 0) is 31.6 Å². The Hall–Kier alpha value is -0.0800. The highest BCUT2D eigenvalue weighted by atomic mass is 15.2. The summed E-state index contributed by atoms with van der Waals surface area (Å²) in [7, 11) is 0. The third-order valence-electron chi connectivity index (χ3n) is 4.00. The lowest BCUT2D eigenvalue weighted by Crippen LogP contribution is -2.54. The molecule has 2 aliphatic rings. The molecule has 14 heavy (non-hydrogen) atoms. The zero-order valence-electron chi connectivity index (χ0n) is 9.63. The van der Waals surface area contributed by atoms with Crippen LogP contribution in [0.4, 0.5) is 0 Å². The predicted molar refractivity (Wildman–Crippen MR) is 60.5 cm³/mol. The van der Waals surface area contributed by atoms with Gasteiger partial charge in [-0.15, -0.1) is 0 Å². The molecule has 1 aliphatic carbocycles. The molecule has 1 aliphatic heterocycles. The fraction of sp³-hybridized carbons (Fsp3) is 1.00. The fourth-order valence-corrected chi connectivity index (χ4v) is 3.11. The predicted octanol–water partition coefficient (Wildman–Crippen LogP) is 1.86. The smallest absolute Gasteiger partial charge is 0.0221 e. The second kappa shape index (κ2) is 4.63. The number of hydrogen-bond acceptors (Lipinski definition) is 2. The van der Waals surface area contributed by atoms with Crippen LogP contribution in [-0.2, 0) is 0 Å². The van der Waals surface area contributed by atoms with E-state index in [1.165, 1.54) is 45.3 Å². The van der Waals surface area contributed by atoms with Gasteiger partial charge in [0.25, 0.3) is 0 Å². The summed E-state index contributed by atoms with van der Waals surface area (Å²) in [5, 5.41) is 3.51. The molecule has 2 heteroatoms. The summed E-state index contributed by atoms with van der Waals surface area (Å²) in [6, 6.07) is 1.70. The molecule has 2 fully saturated rings. The number of rotatable bonds is 2. The van der Waals surface area contributed by atoms with E-state index < -0.39 is 0 Å². The highest BCUT2D eigenvalue weighted by molar-refractivity contribution is 4.88. The van der Waals surface area contributed by atoms with E-state index in [4.69, 9.17) is 0 Å². The monoisotopic (exact) mass is 196 g/mol. The molecule has 1 heterocycles. The van der Waals surface area contributed by atoms with E-state index in [1.54, 1.807) is 0 Å². The molecule has 2 rings (SSSR count). The Labute approximate surface area is 88.1 Å². The lowest BCUT2D eigenvalue weighted by Gasteiger charge is -2.40. The average Bonchev–Trinajstić information content (AvgIpc) is 2.65. The van der Waals surface area contributed by atoms with E-state index in [0.29, 0.717) is 0 Å². The van der Waals surface area contributed by atoms with Crippen LogP contribution in [0.5, 0.6) is 0 Å². The molecule has 3 unspecified atom stereocenters. The first-order valence-electron chi connectivity index (χ1n) is 6.27. The first-order valence-corrected chi connectivity index (χ1v) is 6.27. The third kappa shape index (κ3) is 2.12. The zero-order chi connectivity index (χ0) is 9.97. The van der Waals surface area contributed by atoms with Gasteiger partial charge in [0.1, 0.15) is 0 Å². The molecule has 0 spiro atoms. The van der Waals surface area contributed by atoms with Gasteiger partial charge >= 0.3 is 0 Å². The largest absolute Gasteiger partial charge is 0.314 e. The Balaban J connectivity index is 1.93. The molecule has 82 valence electrons. The van der Waals surface area contributed by atoms with Gasteiger partial charge in [-0.3, -0.25) is 4.90 Å². The highest BCUT2D eigenvalue weighted by Crippen LogP contribution is 2.30. The van der Waals surface area contributed by atoms with E-state index in [0.717, 1.165) is 18.0 Å². The summed E-state index contributed by atoms with van der Waals surface area (Å²) < 4.78 is 0. The number of nitrogens with zero attached hydrogens (tertiary/aromatic N) is 1. The van der Waals surface area contributed by atoms with Gasteiger partial charge in [0.2, 0.25) is 0 Å². The van der Waals surface area contributed by atoms with Crippen LogP contribution < -0.4 is 5.32 Å². The van der Waals surface area contributed by atoms with Crippen LogP contribution in [0.25, 0.3) is 0 Å². The van der Waals surface area contributed by atoms with Gasteiger partial charge in [-0.1, -0.05) is 13.8 Å². The molecule has 1 saturated carbocycles. The molecule has 1 N–H and O–H groups in total. The first kappa shape index (κ1) is 10.4. The summed E-state index contributed by atoms with van der Waals surface area (Å²) in [6.45, 7) is 8.41. The van der Waals surface area contributed by atoms with Crippen molar-refractivity contribution in [3.05, 3.63) is 0 Å². The fourth-order valence-electron chi connectivity index (χ4n) is 3.11. The molecule has 0 aromatic carbocycles. The minimum absolute atomic E-state index is 0.805. The van der Waals surface area contributed by atoms with E-state index in [9.17, 15) is 0 Å². The Morgan fingerprint density at radius 2 is 2.21 bits per heavy atom. The van der Waals surface area contributed by atoms with Crippen molar-refractivity contribution in [3.63, 3.8) is 0 Å². The molecular formula is C12H24N2. The lowest BCUT2D eigenvalue weighted by atomic mass is 10.1. The van der Waals surface area contributed by atoms with Crippen molar-refractivity contribution in [1.29, 1.82) is 0 Å². The second-order valence-electron chi connectivity index (χ2n) is 5.08. The summed E-state index contributed by atoms with van der Waals surface area (Å²) in [5.74, 6) is 0.965. The maximum atomic E-state index is 3.51. The Morgan fingerprint density at radius 3 is 2.86 bits per heavy atom. The van der Waals surface area contributed by atoms with E-state index in [1.807, 2.05) is 0 Å². The van der Waals surface area contributed by atoms with Crippen molar-refractivity contribution < 1.29 is 0 Å². The van der Waals surface area contributed by atoms with Crippen molar-refractivity contribution in [3.8, 4) is 0 Å². The van der Waals surface area contributed by atoms with Crippen LogP contribution in [0.1, 0.15) is 39.5 Å². The Morgan fingerprint density at radius 1 is 1.36 bits per heavy atom. The van der Waals surface area contributed by atoms with E-state index in [2.05, 4.69) is 24.1 Å². The van der Waals surface area contributed by atoms with Gasteiger partial charge in [-0.25, -0.2) is 0 Å². The van der Waals surface area contributed by atoms with Crippen molar-refractivity contribution in [2.24, 2.45) is 5.92 Å². The van der Waals surface area contributed by atoms with Gasteiger partial charge in [0.15, 0.2) is 0 Å². The maximum Gasteiger partial charge on any atom is 0.0221 e. The van der Waals surface area contributed by atoms with Crippen molar-refractivity contribution >= 4 is 0 Å². The van der Waals surface area contributed by atoms with Crippen molar-refractivity contribution in [1.82, 2.24) is 10.2 Å². The second-order valence-corrected chi connectivity index (χ2v) is 5.08. The molecule has 0 amide bonds. The van der Waals surface area contributed by atoms with Crippen LogP contribution in [0.2, 0.25) is 0 Å². The molecule has 2 nitrogen and oxygen atoms in total. The average molecular weight is 196 g/mol. The van der Waals surface area contributed by atoms with Crippen LogP contribution in [-0.4, -0.2) is 36.6 Å². The van der Waals surface area contributed by atoms with E-state index >= 15 is 0 Å². The quantitative estimate of drug-likeness (QED) is 0.725. The van der Waals surface area contributed by atoms with E-state index in [-0.39, 0.29) is 0 Å². The van der Waals surface area contributed by atoms with Crippen LogP contribution >= 0.6 is 0 Å². The molecule has 1 saturated heterocycles. The first-order chi connectivity index (χ1) is 6.81. The number of hydrogen-bond donors (Lipinski definition) is 1. The molecule has 0 bridgehead atoms. The van der Waals surface area contributed by atoms with Crippen LogP contribution in [0, 0.1) is 5.92 Å². The standard InChI is InChI=1S/C12H24N2/c1-3-11-9-13-6-7-14(11)12-5-4-10(2)8-12/h10-13H,3-9H2,1-2H3. The number of nitrogens with one attached hydrogen (secondary N) is 1. The summed E-state index contributed by atoms with van der Waals surface area (Å²) >= 11 is 0. The topological polar surface area (TPSA) is 15.3 Å². The lowest BCUT2D eigenvalue weighted by molar-refractivity contribution is 0.103. The van der Waals surface area contributed by atoms with Gasteiger partial charge in [-0.2, -0.15) is 0 Å². The van der Waals surface area contributed by atoms with Crippen molar-refractivity contribution in [2.75, 3.05) is 19.6 Å². The SMILES string of the molecule is CCC1CNCCN1C1CCC(C)C1. The summed E-state index contributed by atoms with van der Waals surface area (Å²) in [6.07, 6.45) is 5.64. The van der Waals surface area contributed by atoms with Crippen LogP contribution in [0.15, 0.2) is 0 Å². The Kier molecular flexibility index (Phi) is 3.45. The summed E-state index contributed by atoms with van der Waals surface area (Å²) in [4.78, 5) is 2.78. The minimum atomic E-state index is 0.805. The minimum Gasteiger partial charge on any atom is -0.314 e. The normalized spacial score (nSPS) is 40.3.